The molecule has 5 heteroatoms. The highest BCUT2D eigenvalue weighted by Crippen LogP contribution is 2.30. The van der Waals surface area contributed by atoms with Crippen LogP contribution in [0.25, 0.3) is 0 Å². The SMILES string of the molecule is COc1ccc(CO)cc1OC1CCCCNC1=O. The molecule has 2 N–H and O–H groups in total. The van der Waals surface area contributed by atoms with Crippen molar-refractivity contribution in [1.29, 1.82) is 0 Å². The Balaban J connectivity index is 2.18. The van der Waals surface area contributed by atoms with Crippen LogP contribution in [0.3, 0.4) is 0 Å². The maximum absolute atomic E-state index is 11.8. The number of aliphatic hydroxyl groups excluding tert-OH is 1. The highest BCUT2D eigenvalue weighted by atomic mass is 16.5. The molecule has 0 bridgehead atoms. The van der Waals surface area contributed by atoms with Crippen LogP contribution in [0.5, 0.6) is 11.5 Å². The highest BCUT2D eigenvalue weighted by Gasteiger charge is 2.23. The molecule has 1 aliphatic heterocycles. The van der Waals surface area contributed by atoms with E-state index in [2.05, 4.69) is 5.32 Å². The quantitative estimate of drug-likeness (QED) is 0.859. The van der Waals surface area contributed by atoms with Gasteiger partial charge in [0.25, 0.3) is 5.91 Å². The summed E-state index contributed by atoms with van der Waals surface area (Å²) >= 11 is 0. The molecule has 5 nitrogen and oxygen atoms in total. The lowest BCUT2D eigenvalue weighted by atomic mass is 10.1. The molecule has 1 heterocycles. The number of rotatable bonds is 4. The van der Waals surface area contributed by atoms with E-state index in [9.17, 15) is 4.79 Å². The Labute approximate surface area is 112 Å². The third-order valence-electron chi connectivity index (χ3n) is 3.16. The summed E-state index contributed by atoms with van der Waals surface area (Å²) in [6.07, 6.45) is 2.12. The van der Waals surface area contributed by atoms with Crippen LogP contribution < -0.4 is 14.8 Å². The molecule has 1 fully saturated rings. The van der Waals surface area contributed by atoms with Crippen LogP contribution >= 0.6 is 0 Å². The molecule has 1 unspecified atom stereocenters. The van der Waals surface area contributed by atoms with Crippen molar-refractivity contribution in [2.45, 2.75) is 32.0 Å². The average Bonchev–Trinajstić information content (AvgIpc) is 2.64. The molecule has 104 valence electrons. The van der Waals surface area contributed by atoms with Crippen molar-refractivity contribution in [2.75, 3.05) is 13.7 Å². The number of nitrogens with one attached hydrogen (secondary N) is 1. The fraction of sp³-hybridized carbons (Fsp3) is 0.500. The monoisotopic (exact) mass is 265 g/mol. The molecule has 0 saturated carbocycles. The third-order valence-corrected chi connectivity index (χ3v) is 3.16. The molecule has 2 rings (SSSR count). The minimum atomic E-state index is -0.495. The Morgan fingerprint density at radius 2 is 2.21 bits per heavy atom. The zero-order valence-electron chi connectivity index (χ0n) is 11.0. The number of carbonyl (C=O) groups is 1. The van der Waals surface area contributed by atoms with Crippen LogP contribution in [0.2, 0.25) is 0 Å². The van der Waals surface area contributed by atoms with Gasteiger partial charge in [0.15, 0.2) is 17.6 Å². The van der Waals surface area contributed by atoms with Gasteiger partial charge in [-0.2, -0.15) is 0 Å². The molecule has 19 heavy (non-hydrogen) atoms. The topological polar surface area (TPSA) is 67.8 Å². The summed E-state index contributed by atoms with van der Waals surface area (Å²) in [4.78, 5) is 11.8. The molecule has 1 saturated heterocycles. The molecule has 1 aromatic carbocycles. The first-order chi connectivity index (χ1) is 9.24. The van der Waals surface area contributed by atoms with E-state index in [4.69, 9.17) is 14.6 Å². The number of hydrogen-bond acceptors (Lipinski definition) is 4. The normalized spacial score (nSPS) is 19.5. The van der Waals surface area contributed by atoms with E-state index < -0.39 is 6.10 Å². The van der Waals surface area contributed by atoms with E-state index in [-0.39, 0.29) is 12.5 Å². The zero-order valence-corrected chi connectivity index (χ0v) is 11.0. The van der Waals surface area contributed by atoms with Crippen molar-refractivity contribution >= 4 is 5.91 Å². The molecule has 0 radical (unpaired) electrons. The predicted octanol–water partition coefficient (Wildman–Crippen LogP) is 1.23. The summed E-state index contributed by atoms with van der Waals surface area (Å²) in [5, 5.41) is 12.0. The molecular formula is C14H19NO4. The molecule has 0 aliphatic carbocycles. The number of carbonyl (C=O) groups excluding carboxylic acids is 1. The van der Waals surface area contributed by atoms with Gasteiger partial charge in [0.1, 0.15) is 0 Å². The van der Waals surface area contributed by atoms with Crippen LogP contribution in [0.15, 0.2) is 18.2 Å². The van der Waals surface area contributed by atoms with Crippen molar-refractivity contribution in [3.8, 4) is 11.5 Å². The molecule has 0 spiro atoms. The molecular weight excluding hydrogens is 246 g/mol. The van der Waals surface area contributed by atoms with Gasteiger partial charge in [-0.15, -0.1) is 0 Å². The number of amides is 1. The van der Waals surface area contributed by atoms with Gasteiger partial charge in [-0.1, -0.05) is 6.07 Å². The van der Waals surface area contributed by atoms with Crippen molar-refractivity contribution in [3.05, 3.63) is 23.8 Å². The van der Waals surface area contributed by atoms with Crippen molar-refractivity contribution in [3.63, 3.8) is 0 Å². The van der Waals surface area contributed by atoms with Gasteiger partial charge >= 0.3 is 0 Å². The molecule has 1 aliphatic rings. The highest BCUT2D eigenvalue weighted by molar-refractivity contribution is 5.81. The molecule has 0 aromatic heterocycles. The largest absolute Gasteiger partial charge is 0.493 e. The Morgan fingerprint density at radius 3 is 2.95 bits per heavy atom. The van der Waals surface area contributed by atoms with Gasteiger partial charge in [-0.25, -0.2) is 0 Å². The Hall–Kier alpha value is -1.75. The summed E-state index contributed by atoms with van der Waals surface area (Å²) < 4.78 is 11.0. The zero-order chi connectivity index (χ0) is 13.7. The lowest BCUT2D eigenvalue weighted by Gasteiger charge is -2.18. The number of methoxy groups -OCH3 is 1. The molecule has 1 atom stereocenters. The smallest absolute Gasteiger partial charge is 0.261 e. The van der Waals surface area contributed by atoms with E-state index in [1.807, 2.05) is 0 Å². The van der Waals surface area contributed by atoms with E-state index in [1.165, 1.54) is 0 Å². The summed E-state index contributed by atoms with van der Waals surface area (Å²) in [7, 11) is 1.55. The van der Waals surface area contributed by atoms with Crippen molar-refractivity contribution < 1.29 is 19.4 Å². The van der Waals surface area contributed by atoms with E-state index >= 15 is 0 Å². The third kappa shape index (κ3) is 3.38. The Kier molecular flexibility index (Phi) is 4.63. The van der Waals surface area contributed by atoms with Crippen LogP contribution in [-0.4, -0.2) is 30.8 Å². The fourth-order valence-corrected chi connectivity index (χ4v) is 2.09. The number of hydrogen-bond donors (Lipinski definition) is 2. The van der Waals surface area contributed by atoms with E-state index in [1.54, 1.807) is 25.3 Å². The second kappa shape index (κ2) is 6.43. The average molecular weight is 265 g/mol. The van der Waals surface area contributed by atoms with Crippen LogP contribution in [-0.2, 0) is 11.4 Å². The standard InChI is InChI=1S/C14H19NO4/c1-18-11-6-5-10(9-16)8-13(11)19-12-4-2-3-7-15-14(12)17/h5-6,8,12,16H,2-4,7,9H2,1H3,(H,15,17). The Bertz CT molecular complexity index is 447. The van der Waals surface area contributed by atoms with Gasteiger partial charge < -0.3 is 19.9 Å². The lowest BCUT2D eigenvalue weighted by molar-refractivity contribution is -0.127. The predicted molar refractivity (Wildman–Crippen MR) is 70.2 cm³/mol. The summed E-state index contributed by atoms with van der Waals surface area (Å²) in [5.74, 6) is 0.972. The summed E-state index contributed by atoms with van der Waals surface area (Å²) in [6.45, 7) is 0.629. The van der Waals surface area contributed by atoms with Gasteiger partial charge in [-0.05, 0) is 37.0 Å². The second-order valence-corrected chi connectivity index (χ2v) is 4.54. The first-order valence-electron chi connectivity index (χ1n) is 6.46. The minimum absolute atomic E-state index is 0.0722. The van der Waals surface area contributed by atoms with Crippen molar-refractivity contribution in [2.24, 2.45) is 0 Å². The maximum Gasteiger partial charge on any atom is 0.261 e. The number of ether oxygens (including phenoxy) is 2. The lowest BCUT2D eigenvalue weighted by Crippen LogP contribution is -2.36. The Morgan fingerprint density at radius 1 is 1.37 bits per heavy atom. The molecule has 1 aromatic rings. The number of aliphatic hydroxyl groups is 1. The van der Waals surface area contributed by atoms with E-state index in [0.29, 0.717) is 24.5 Å². The van der Waals surface area contributed by atoms with Crippen molar-refractivity contribution in [1.82, 2.24) is 5.32 Å². The van der Waals surface area contributed by atoms with Crippen LogP contribution in [0, 0.1) is 0 Å². The number of benzene rings is 1. The van der Waals surface area contributed by atoms with Gasteiger partial charge in [0.2, 0.25) is 0 Å². The fourth-order valence-electron chi connectivity index (χ4n) is 2.09. The van der Waals surface area contributed by atoms with Gasteiger partial charge in [0, 0.05) is 6.54 Å². The maximum atomic E-state index is 11.8. The van der Waals surface area contributed by atoms with Gasteiger partial charge in [-0.3, -0.25) is 4.79 Å². The summed E-state index contributed by atoms with van der Waals surface area (Å²) in [5.41, 5.74) is 0.727. The summed E-state index contributed by atoms with van der Waals surface area (Å²) in [6, 6.07) is 5.20. The van der Waals surface area contributed by atoms with Gasteiger partial charge in [0.05, 0.1) is 13.7 Å². The van der Waals surface area contributed by atoms with Crippen LogP contribution in [0.1, 0.15) is 24.8 Å². The van der Waals surface area contributed by atoms with Crippen LogP contribution in [0.4, 0.5) is 0 Å². The second-order valence-electron chi connectivity index (χ2n) is 4.54. The minimum Gasteiger partial charge on any atom is -0.493 e. The molecule has 1 amide bonds. The van der Waals surface area contributed by atoms with E-state index in [0.717, 1.165) is 18.4 Å². The first-order valence-corrected chi connectivity index (χ1v) is 6.46. The first kappa shape index (κ1) is 13.7.